The summed E-state index contributed by atoms with van der Waals surface area (Å²) in [7, 11) is 2.16. The largest absolute Gasteiger partial charge is 0.489 e. The van der Waals surface area contributed by atoms with Gasteiger partial charge in [-0.3, -0.25) is 4.79 Å². The lowest BCUT2D eigenvalue weighted by atomic mass is 10.2. The number of anilines is 3. The average Bonchev–Trinajstić information content (AvgIpc) is 2.70. The summed E-state index contributed by atoms with van der Waals surface area (Å²) in [6.07, 6.45) is 0.444. The van der Waals surface area contributed by atoms with E-state index in [9.17, 15) is 4.79 Å². The molecule has 0 bridgehead atoms. The molecule has 29 heavy (non-hydrogen) atoms. The van der Waals surface area contributed by atoms with Crippen LogP contribution >= 0.6 is 0 Å². The van der Waals surface area contributed by atoms with E-state index in [0.29, 0.717) is 24.4 Å². The van der Waals surface area contributed by atoms with Gasteiger partial charge in [0.1, 0.15) is 5.75 Å². The first kappa shape index (κ1) is 21.0. The highest BCUT2D eigenvalue weighted by Crippen LogP contribution is 2.25. The van der Waals surface area contributed by atoms with Crippen molar-refractivity contribution in [3.8, 4) is 5.75 Å². The molecule has 1 saturated heterocycles. The zero-order valence-corrected chi connectivity index (χ0v) is 17.6. The molecule has 1 amide bonds. The fourth-order valence-corrected chi connectivity index (χ4v) is 3.31. The standard InChI is InChI=1S/C23H32N4O2/c1-18(2)29-22-7-5-4-6-21(22)25-23(28)12-13-24-19-8-10-20(11-9-19)27-16-14-26(3)15-17-27/h4-11,18,24H,12-17H2,1-3H3,(H,25,28). The molecule has 1 heterocycles. The van der Waals surface area contributed by atoms with Crippen molar-refractivity contribution in [1.29, 1.82) is 0 Å². The summed E-state index contributed by atoms with van der Waals surface area (Å²) < 4.78 is 5.75. The van der Waals surface area contributed by atoms with E-state index in [1.54, 1.807) is 0 Å². The normalized spacial score (nSPS) is 14.7. The quantitative estimate of drug-likeness (QED) is 0.713. The Hall–Kier alpha value is -2.73. The van der Waals surface area contributed by atoms with Crippen LogP contribution in [0.4, 0.5) is 17.1 Å². The van der Waals surface area contributed by atoms with Gasteiger partial charge in [0, 0.05) is 50.5 Å². The molecule has 0 radical (unpaired) electrons. The minimum absolute atomic E-state index is 0.0358. The number of hydrogen-bond donors (Lipinski definition) is 2. The summed E-state index contributed by atoms with van der Waals surface area (Å²) in [5, 5.41) is 6.27. The smallest absolute Gasteiger partial charge is 0.226 e. The molecule has 3 rings (SSSR count). The van der Waals surface area contributed by atoms with Crippen LogP contribution in [0.5, 0.6) is 5.75 Å². The lowest BCUT2D eigenvalue weighted by Crippen LogP contribution is -2.44. The summed E-state index contributed by atoms with van der Waals surface area (Å²) in [4.78, 5) is 17.1. The van der Waals surface area contributed by atoms with Crippen molar-refractivity contribution in [3.05, 3.63) is 48.5 Å². The van der Waals surface area contributed by atoms with E-state index in [1.165, 1.54) is 5.69 Å². The first-order valence-electron chi connectivity index (χ1n) is 10.3. The summed E-state index contributed by atoms with van der Waals surface area (Å²) in [5.74, 6) is 0.662. The maximum atomic E-state index is 12.3. The van der Waals surface area contributed by atoms with Gasteiger partial charge in [0.2, 0.25) is 5.91 Å². The second-order valence-electron chi connectivity index (χ2n) is 7.72. The van der Waals surface area contributed by atoms with Gasteiger partial charge >= 0.3 is 0 Å². The number of nitrogens with zero attached hydrogens (tertiary/aromatic N) is 2. The highest BCUT2D eigenvalue weighted by Gasteiger charge is 2.14. The van der Waals surface area contributed by atoms with E-state index in [0.717, 1.165) is 31.9 Å². The molecule has 1 aliphatic heterocycles. The van der Waals surface area contributed by atoms with Crippen molar-refractivity contribution in [2.75, 3.05) is 55.3 Å². The van der Waals surface area contributed by atoms with Gasteiger partial charge in [-0.2, -0.15) is 0 Å². The van der Waals surface area contributed by atoms with Crippen LogP contribution in [-0.2, 0) is 4.79 Å². The van der Waals surface area contributed by atoms with Gasteiger partial charge in [-0.05, 0) is 57.3 Å². The van der Waals surface area contributed by atoms with E-state index in [2.05, 4.69) is 51.7 Å². The Balaban J connectivity index is 1.45. The minimum Gasteiger partial charge on any atom is -0.489 e. The highest BCUT2D eigenvalue weighted by molar-refractivity contribution is 5.92. The van der Waals surface area contributed by atoms with Gasteiger partial charge in [0.15, 0.2) is 0 Å². The molecule has 2 aromatic carbocycles. The molecule has 0 atom stereocenters. The molecule has 6 heteroatoms. The van der Waals surface area contributed by atoms with Gasteiger partial charge in [-0.1, -0.05) is 12.1 Å². The van der Waals surface area contributed by atoms with Crippen molar-refractivity contribution in [2.45, 2.75) is 26.4 Å². The molecule has 0 saturated carbocycles. The van der Waals surface area contributed by atoms with E-state index in [-0.39, 0.29) is 12.0 Å². The maximum Gasteiger partial charge on any atom is 0.226 e. The van der Waals surface area contributed by atoms with Crippen LogP contribution in [0, 0.1) is 0 Å². The Labute approximate surface area is 173 Å². The fourth-order valence-electron chi connectivity index (χ4n) is 3.31. The SMILES string of the molecule is CC(C)Oc1ccccc1NC(=O)CCNc1ccc(N2CCN(C)CC2)cc1. The van der Waals surface area contributed by atoms with Crippen LogP contribution in [-0.4, -0.2) is 56.7 Å². The van der Waals surface area contributed by atoms with Gasteiger partial charge < -0.3 is 25.2 Å². The zero-order chi connectivity index (χ0) is 20.6. The summed E-state index contributed by atoms with van der Waals surface area (Å²) in [6.45, 7) is 8.83. The molecule has 1 fully saturated rings. The van der Waals surface area contributed by atoms with Crippen molar-refractivity contribution >= 4 is 23.0 Å². The molecule has 0 aliphatic carbocycles. The third kappa shape index (κ3) is 6.39. The number of carbonyl (C=O) groups excluding carboxylic acids is 1. The number of ether oxygens (including phenoxy) is 1. The van der Waals surface area contributed by atoms with E-state index in [4.69, 9.17) is 4.74 Å². The van der Waals surface area contributed by atoms with Crippen LogP contribution < -0.4 is 20.3 Å². The molecule has 2 N–H and O–H groups in total. The van der Waals surface area contributed by atoms with Crippen molar-refractivity contribution in [3.63, 3.8) is 0 Å². The number of rotatable bonds is 8. The van der Waals surface area contributed by atoms with E-state index in [1.807, 2.05) is 38.1 Å². The second kappa shape index (κ2) is 10.2. The van der Waals surface area contributed by atoms with Gasteiger partial charge in [-0.25, -0.2) is 0 Å². The number of nitrogens with one attached hydrogen (secondary N) is 2. The number of carbonyl (C=O) groups is 1. The Bertz CT molecular complexity index is 784. The molecular weight excluding hydrogens is 364 g/mol. The van der Waals surface area contributed by atoms with Crippen LogP contribution in [0.1, 0.15) is 20.3 Å². The second-order valence-corrected chi connectivity index (χ2v) is 7.72. The molecule has 0 aromatic heterocycles. The third-order valence-corrected chi connectivity index (χ3v) is 4.94. The van der Waals surface area contributed by atoms with Crippen LogP contribution in [0.25, 0.3) is 0 Å². The number of likely N-dealkylation sites (N-methyl/N-ethyl adjacent to an activating group) is 1. The van der Waals surface area contributed by atoms with Crippen LogP contribution in [0.2, 0.25) is 0 Å². The first-order valence-corrected chi connectivity index (χ1v) is 10.3. The zero-order valence-electron chi connectivity index (χ0n) is 17.6. The lowest BCUT2D eigenvalue weighted by molar-refractivity contribution is -0.116. The number of para-hydroxylation sites is 2. The predicted octanol–water partition coefficient (Wildman–Crippen LogP) is 3.67. The minimum atomic E-state index is -0.0358. The monoisotopic (exact) mass is 396 g/mol. The molecule has 2 aromatic rings. The first-order chi connectivity index (χ1) is 14.0. The van der Waals surface area contributed by atoms with Crippen molar-refractivity contribution < 1.29 is 9.53 Å². The third-order valence-electron chi connectivity index (χ3n) is 4.94. The van der Waals surface area contributed by atoms with Gasteiger partial charge in [-0.15, -0.1) is 0 Å². The number of piperazine rings is 1. The van der Waals surface area contributed by atoms with Gasteiger partial charge in [0.25, 0.3) is 0 Å². The number of hydrogen-bond acceptors (Lipinski definition) is 5. The number of amides is 1. The molecule has 1 aliphatic rings. The molecule has 6 nitrogen and oxygen atoms in total. The predicted molar refractivity (Wildman–Crippen MR) is 120 cm³/mol. The lowest BCUT2D eigenvalue weighted by Gasteiger charge is -2.34. The van der Waals surface area contributed by atoms with Crippen LogP contribution in [0.3, 0.4) is 0 Å². The molecule has 0 unspecified atom stereocenters. The number of benzene rings is 2. The highest BCUT2D eigenvalue weighted by atomic mass is 16.5. The topological polar surface area (TPSA) is 56.8 Å². The average molecular weight is 397 g/mol. The maximum absolute atomic E-state index is 12.3. The molecule has 156 valence electrons. The van der Waals surface area contributed by atoms with E-state index < -0.39 is 0 Å². The van der Waals surface area contributed by atoms with E-state index >= 15 is 0 Å². The van der Waals surface area contributed by atoms with Crippen LogP contribution in [0.15, 0.2) is 48.5 Å². The van der Waals surface area contributed by atoms with Crippen molar-refractivity contribution in [2.24, 2.45) is 0 Å². The Morgan fingerprint density at radius 3 is 2.41 bits per heavy atom. The summed E-state index contributed by atoms with van der Waals surface area (Å²) in [6, 6.07) is 16.0. The van der Waals surface area contributed by atoms with Gasteiger partial charge in [0.05, 0.1) is 11.8 Å². The van der Waals surface area contributed by atoms with Crippen molar-refractivity contribution in [1.82, 2.24) is 4.90 Å². The Morgan fingerprint density at radius 1 is 1.03 bits per heavy atom. The fraction of sp³-hybridized carbons (Fsp3) is 0.435. The Kier molecular flexibility index (Phi) is 7.36. The summed E-state index contributed by atoms with van der Waals surface area (Å²) >= 11 is 0. The molecule has 0 spiro atoms. The Morgan fingerprint density at radius 2 is 1.72 bits per heavy atom. The molecular formula is C23H32N4O2. The summed E-state index contributed by atoms with van der Waals surface area (Å²) in [5.41, 5.74) is 2.99.